The highest BCUT2D eigenvalue weighted by Crippen LogP contribution is 2.32. The van der Waals surface area contributed by atoms with Crippen LogP contribution in [0.5, 0.6) is 11.5 Å². The number of benzene rings is 1. The SMILES string of the molecule is CCN(CC)CCC[C@@H](C)NC(=O)CCc1ccc2c(c1)OCO2. The number of nitrogens with zero attached hydrogens (tertiary/aromatic N) is 1. The molecule has 0 saturated heterocycles. The maximum atomic E-state index is 12.1. The second-order valence-corrected chi connectivity index (χ2v) is 6.33. The Balaban J connectivity index is 1.65. The molecular weight excluding hydrogens is 304 g/mol. The minimum Gasteiger partial charge on any atom is -0.454 e. The molecule has 1 atom stereocenters. The Bertz CT molecular complexity index is 529. The van der Waals surface area contributed by atoms with E-state index in [0.29, 0.717) is 12.8 Å². The number of carbonyl (C=O) groups excluding carboxylic acids is 1. The Morgan fingerprint density at radius 1 is 1.25 bits per heavy atom. The number of ether oxygens (including phenoxy) is 2. The molecule has 5 heteroatoms. The van der Waals surface area contributed by atoms with E-state index in [1.807, 2.05) is 18.2 Å². The molecule has 1 aromatic carbocycles. The van der Waals surface area contributed by atoms with Gasteiger partial charge in [-0.2, -0.15) is 0 Å². The maximum absolute atomic E-state index is 12.1. The van der Waals surface area contributed by atoms with Crippen molar-refractivity contribution in [3.8, 4) is 11.5 Å². The van der Waals surface area contributed by atoms with Gasteiger partial charge in [-0.05, 0) is 63.5 Å². The average molecular weight is 334 g/mol. The number of aryl methyl sites for hydroxylation is 1. The predicted octanol–water partition coefficient (Wildman–Crippen LogP) is 2.97. The smallest absolute Gasteiger partial charge is 0.231 e. The first kappa shape index (κ1) is 18.6. The second-order valence-electron chi connectivity index (χ2n) is 6.33. The van der Waals surface area contributed by atoms with E-state index in [4.69, 9.17) is 9.47 Å². The van der Waals surface area contributed by atoms with Crippen molar-refractivity contribution in [3.05, 3.63) is 23.8 Å². The van der Waals surface area contributed by atoms with Crippen molar-refractivity contribution in [3.63, 3.8) is 0 Å². The highest BCUT2D eigenvalue weighted by molar-refractivity contribution is 5.76. The first-order valence-electron chi connectivity index (χ1n) is 9.02. The highest BCUT2D eigenvalue weighted by Gasteiger charge is 2.14. The largest absolute Gasteiger partial charge is 0.454 e. The first-order chi connectivity index (χ1) is 11.6. The minimum atomic E-state index is 0.114. The molecule has 1 aromatic rings. The summed E-state index contributed by atoms with van der Waals surface area (Å²) < 4.78 is 10.7. The second kappa shape index (κ2) is 9.52. The Kier molecular flexibility index (Phi) is 7.37. The summed E-state index contributed by atoms with van der Waals surface area (Å²) in [7, 11) is 0. The van der Waals surface area contributed by atoms with Crippen LogP contribution in [0.25, 0.3) is 0 Å². The van der Waals surface area contributed by atoms with Crippen LogP contribution in [0.1, 0.15) is 45.6 Å². The monoisotopic (exact) mass is 334 g/mol. The van der Waals surface area contributed by atoms with Crippen LogP contribution in [0.15, 0.2) is 18.2 Å². The van der Waals surface area contributed by atoms with Gasteiger partial charge >= 0.3 is 0 Å². The topological polar surface area (TPSA) is 50.8 Å². The molecule has 0 spiro atoms. The summed E-state index contributed by atoms with van der Waals surface area (Å²) in [5.41, 5.74) is 1.10. The van der Waals surface area contributed by atoms with Crippen molar-refractivity contribution >= 4 is 5.91 Å². The number of hydrogen-bond acceptors (Lipinski definition) is 4. The fraction of sp³-hybridized carbons (Fsp3) is 0.632. The molecule has 2 rings (SSSR count). The Labute approximate surface area is 145 Å². The number of rotatable bonds is 10. The Hall–Kier alpha value is -1.75. The van der Waals surface area contributed by atoms with Gasteiger partial charge in [0.05, 0.1) is 0 Å². The molecule has 0 saturated carbocycles. The lowest BCUT2D eigenvalue weighted by Crippen LogP contribution is -2.33. The number of carbonyl (C=O) groups is 1. The molecule has 0 bridgehead atoms. The number of amides is 1. The lowest BCUT2D eigenvalue weighted by molar-refractivity contribution is -0.121. The van der Waals surface area contributed by atoms with Gasteiger partial charge in [-0.3, -0.25) is 4.79 Å². The van der Waals surface area contributed by atoms with E-state index in [-0.39, 0.29) is 18.7 Å². The molecule has 5 nitrogen and oxygen atoms in total. The summed E-state index contributed by atoms with van der Waals surface area (Å²) in [5.74, 6) is 1.67. The molecule has 1 N–H and O–H groups in total. The number of hydrogen-bond donors (Lipinski definition) is 1. The zero-order valence-corrected chi connectivity index (χ0v) is 15.1. The lowest BCUT2D eigenvalue weighted by Gasteiger charge is -2.19. The molecule has 0 fully saturated rings. The van der Waals surface area contributed by atoms with E-state index in [0.717, 1.165) is 49.5 Å². The van der Waals surface area contributed by atoms with Crippen LogP contribution in [-0.4, -0.2) is 43.3 Å². The molecule has 0 aromatic heterocycles. The minimum absolute atomic E-state index is 0.114. The Morgan fingerprint density at radius 2 is 2.00 bits per heavy atom. The first-order valence-corrected chi connectivity index (χ1v) is 9.02. The summed E-state index contributed by atoms with van der Waals surface area (Å²) in [6.07, 6.45) is 3.35. The summed E-state index contributed by atoms with van der Waals surface area (Å²) in [4.78, 5) is 14.5. The molecule has 0 unspecified atom stereocenters. The van der Waals surface area contributed by atoms with Gasteiger partial charge in [0.25, 0.3) is 0 Å². The normalized spacial score (nSPS) is 14.0. The molecule has 24 heavy (non-hydrogen) atoms. The van der Waals surface area contributed by atoms with Crippen molar-refractivity contribution in [2.45, 2.75) is 52.5 Å². The van der Waals surface area contributed by atoms with Crippen LogP contribution in [0.4, 0.5) is 0 Å². The molecule has 1 amide bonds. The quantitative estimate of drug-likeness (QED) is 0.715. The van der Waals surface area contributed by atoms with Crippen molar-refractivity contribution in [2.24, 2.45) is 0 Å². The molecule has 1 heterocycles. The highest BCUT2D eigenvalue weighted by atomic mass is 16.7. The van der Waals surface area contributed by atoms with Gasteiger partial charge < -0.3 is 19.7 Å². The van der Waals surface area contributed by atoms with Gasteiger partial charge in [-0.1, -0.05) is 19.9 Å². The number of fused-ring (bicyclic) bond motifs is 1. The molecule has 0 aliphatic carbocycles. The van der Waals surface area contributed by atoms with E-state index < -0.39 is 0 Å². The van der Waals surface area contributed by atoms with E-state index >= 15 is 0 Å². The standard InChI is InChI=1S/C19H30N2O3/c1-4-21(5-2)12-6-7-15(3)20-19(22)11-9-16-8-10-17-18(13-16)24-14-23-17/h8,10,13,15H,4-7,9,11-12,14H2,1-3H3,(H,20,22)/t15-/m1/s1. The fourth-order valence-corrected chi connectivity index (χ4v) is 2.93. The van der Waals surface area contributed by atoms with Crippen LogP contribution >= 0.6 is 0 Å². The third kappa shape index (κ3) is 5.71. The van der Waals surface area contributed by atoms with Crippen molar-refractivity contribution < 1.29 is 14.3 Å². The van der Waals surface area contributed by atoms with Gasteiger partial charge in [0.2, 0.25) is 12.7 Å². The molecule has 0 radical (unpaired) electrons. The van der Waals surface area contributed by atoms with Crippen LogP contribution in [0, 0.1) is 0 Å². The molecule has 1 aliphatic heterocycles. The summed E-state index contributed by atoms with van der Waals surface area (Å²) in [6.45, 7) is 10.0. The van der Waals surface area contributed by atoms with E-state index in [1.54, 1.807) is 0 Å². The van der Waals surface area contributed by atoms with Gasteiger partial charge in [0.1, 0.15) is 0 Å². The van der Waals surface area contributed by atoms with Crippen LogP contribution in [-0.2, 0) is 11.2 Å². The van der Waals surface area contributed by atoms with E-state index in [9.17, 15) is 4.79 Å². The predicted molar refractivity (Wildman–Crippen MR) is 95.5 cm³/mol. The van der Waals surface area contributed by atoms with Gasteiger partial charge in [-0.25, -0.2) is 0 Å². The zero-order valence-electron chi connectivity index (χ0n) is 15.1. The van der Waals surface area contributed by atoms with Crippen molar-refractivity contribution in [1.82, 2.24) is 10.2 Å². The average Bonchev–Trinajstić information content (AvgIpc) is 3.04. The third-order valence-corrected chi connectivity index (χ3v) is 4.49. The van der Waals surface area contributed by atoms with Crippen LogP contribution in [0.3, 0.4) is 0 Å². The third-order valence-electron chi connectivity index (χ3n) is 4.49. The fourth-order valence-electron chi connectivity index (χ4n) is 2.93. The molecular formula is C19H30N2O3. The zero-order chi connectivity index (χ0) is 17.4. The van der Waals surface area contributed by atoms with Crippen LogP contribution < -0.4 is 14.8 Å². The molecule has 1 aliphatic rings. The van der Waals surface area contributed by atoms with Gasteiger partial charge in [0, 0.05) is 12.5 Å². The van der Waals surface area contributed by atoms with E-state index in [2.05, 4.69) is 31.0 Å². The summed E-state index contributed by atoms with van der Waals surface area (Å²) in [5, 5.41) is 3.10. The van der Waals surface area contributed by atoms with Gasteiger partial charge in [-0.15, -0.1) is 0 Å². The lowest BCUT2D eigenvalue weighted by atomic mass is 10.1. The van der Waals surface area contributed by atoms with Crippen molar-refractivity contribution in [1.29, 1.82) is 0 Å². The molecule has 134 valence electrons. The summed E-state index contributed by atoms with van der Waals surface area (Å²) in [6, 6.07) is 6.09. The van der Waals surface area contributed by atoms with Crippen LogP contribution in [0.2, 0.25) is 0 Å². The number of nitrogens with one attached hydrogen (secondary N) is 1. The Morgan fingerprint density at radius 3 is 2.75 bits per heavy atom. The summed E-state index contributed by atoms with van der Waals surface area (Å²) >= 11 is 0. The maximum Gasteiger partial charge on any atom is 0.231 e. The van der Waals surface area contributed by atoms with Crippen molar-refractivity contribution in [2.75, 3.05) is 26.4 Å². The van der Waals surface area contributed by atoms with E-state index in [1.165, 1.54) is 0 Å². The van der Waals surface area contributed by atoms with Gasteiger partial charge in [0.15, 0.2) is 11.5 Å².